The number of carbonyl (C=O) groups is 6. The fourth-order valence-electron chi connectivity index (χ4n) is 9.05. The van der Waals surface area contributed by atoms with Crippen molar-refractivity contribution in [3.8, 4) is 12.3 Å². The van der Waals surface area contributed by atoms with Gasteiger partial charge in [0.25, 0.3) is 5.91 Å². The monoisotopic (exact) mass is 1070 g/mol. The van der Waals surface area contributed by atoms with E-state index in [1.807, 2.05) is 23.5 Å². The van der Waals surface area contributed by atoms with Crippen LogP contribution in [-0.4, -0.2) is 159 Å². The number of carbonyl (C=O) groups excluding carboxylic acids is 6. The SMILES string of the molecule is C#CCNC(=O)CCOCCOCCOCCNC(=O)c1cc(NC(=O)CCCCCNC(=O)CCCCC2SCC3NC(=N)NC32)cc(NC(=O)CCCCCNC(=O)CCCCC2SCC3NC(=N)NC32)c1. The molecule has 6 amide bonds. The summed E-state index contributed by atoms with van der Waals surface area (Å²) in [6.45, 7) is 3.21. The Morgan fingerprint density at radius 3 is 1.50 bits per heavy atom. The highest BCUT2D eigenvalue weighted by molar-refractivity contribution is 8.00. The summed E-state index contributed by atoms with van der Waals surface area (Å²) in [5, 5.41) is 46.5. The van der Waals surface area contributed by atoms with Crippen LogP contribution in [0.1, 0.15) is 120 Å². The van der Waals surface area contributed by atoms with Crippen molar-refractivity contribution >= 4 is 82.3 Å². The first-order valence-corrected chi connectivity index (χ1v) is 28.5. The molecule has 23 heteroatoms. The number of terminal acetylenes is 1. The smallest absolute Gasteiger partial charge is 0.251 e. The van der Waals surface area contributed by atoms with Crippen molar-refractivity contribution < 1.29 is 43.0 Å². The lowest BCUT2D eigenvalue weighted by Crippen LogP contribution is -2.36. The highest BCUT2D eigenvalue weighted by atomic mass is 32.2. The normalized spacial score (nSPS) is 20.2. The molecule has 12 N–H and O–H groups in total. The van der Waals surface area contributed by atoms with Gasteiger partial charge < -0.3 is 67.4 Å². The molecule has 4 fully saturated rings. The quantitative estimate of drug-likeness (QED) is 0.0335. The van der Waals surface area contributed by atoms with Gasteiger partial charge in [-0.15, -0.1) is 6.42 Å². The molecule has 0 aromatic heterocycles. The molecule has 1 aromatic carbocycles. The van der Waals surface area contributed by atoms with E-state index in [4.69, 9.17) is 31.5 Å². The van der Waals surface area contributed by atoms with E-state index < -0.39 is 5.91 Å². The van der Waals surface area contributed by atoms with Gasteiger partial charge in [0.15, 0.2) is 11.9 Å². The topological polar surface area (TPSA) is 298 Å². The third-order valence-electron chi connectivity index (χ3n) is 12.9. The van der Waals surface area contributed by atoms with Crippen molar-refractivity contribution in [3.63, 3.8) is 0 Å². The molecule has 0 radical (unpaired) electrons. The van der Waals surface area contributed by atoms with Gasteiger partial charge in [0.2, 0.25) is 29.5 Å². The molecule has 0 saturated carbocycles. The van der Waals surface area contributed by atoms with Crippen molar-refractivity contribution in [2.75, 3.05) is 88.0 Å². The number of benzene rings is 1. The fourth-order valence-corrected chi connectivity index (χ4v) is 12.1. The first-order chi connectivity index (χ1) is 36.0. The van der Waals surface area contributed by atoms with E-state index in [2.05, 4.69) is 59.1 Å². The van der Waals surface area contributed by atoms with Gasteiger partial charge in [-0.25, -0.2) is 0 Å². The molecule has 1 aromatic rings. The highest BCUT2D eigenvalue weighted by Crippen LogP contribution is 2.34. The molecule has 4 aliphatic heterocycles. The number of anilines is 2. The van der Waals surface area contributed by atoms with Crippen LogP contribution in [-0.2, 0) is 38.2 Å². The van der Waals surface area contributed by atoms with E-state index in [0.29, 0.717) is 123 Å². The summed E-state index contributed by atoms with van der Waals surface area (Å²) >= 11 is 3.86. The van der Waals surface area contributed by atoms with Gasteiger partial charge in [-0.05, 0) is 69.6 Å². The third-order valence-corrected chi connectivity index (χ3v) is 15.9. The van der Waals surface area contributed by atoms with Crippen LogP contribution in [0.5, 0.6) is 0 Å². The van der Waals surface area contributed by atoms with Gasteiger partial charge in [-0.3, -0.25) is 39.6 Å². The number of ether oxygens (including phenoxy) is 3. The van der Waals surface area contributed by atoms with E-state index in [-0.39, 0.29) is 80.7 Å². The summed E-state index contributed by atoms with van der Waals surface area (Å²) in [6.07, 6.45) is 16.5. The number of hydrogen-bond acceptors (Lipinski definition) is 13. The molecule has 4 heterocycles. The number of fused-ring (bicyclic) bond motifs is 2. The van der Waals surface area contributed by atoms with Crippen LogP contribution in [0.3, 0.4) is 0 Å². The van der Waals surface area contributed by atoms with Crippen LogP contribution in [0, 0.1) is 23.2 Å². The molecular formula is C51H80N12O9S2. The molecule has 74 heavy (non-hydrogen) atoms. The minimum atomic E-state index is -0.412. The molecule has 4 aliphatic rings. The first-order valence-electron chi connectivity index (χ1n) is 26.4. The number of unbranched alkanes of at least 4 members (excludes halogenated alkanes) is 6. The average Bonchev–Trinajstić information content (AvgIpc) is 4.15. The maximum absolute atomic E-state index is 13.3. The lowest BCUT2D eigenvalue weighted by atomic mass is 10.0. The van der Waals surface area contributed by atoms with Gasteiger partial charge in [0, 0.05) is 90.7 Å². The Labute approximate surface area is 444 Å². The zero-order chi connectivity index (χ0) is 52.8. The van der Waals surface area contributed by atoms with Gasteiger partial charge in [-0.2, -0.15) is 23.5 Å². The van der Waals surface area contributed by atoms with Crippen molar-refractivity contribution in [1.82, 2.24) is 42.5 Å². The lowest BCUT2D eigenvalue weighted by molar-refractivity contribution is -0.122. The molecule has 21 nitrogen and oxygen atoms in total. The minimum Gasteiger partial charge on any atom is -0.379 e. The minimum absolute atomic E-state index is 0.0301. The van der Waals surface area contributed by atoms with Crippen LogP contribution < -0.4 is 53.2 Å². The standard InChI is InChI=1S/C51H80N12O9S2/c1-2-20-54-44(66)19-24-70-26-28-72-29-27-71-25-23-57-49(69)35-30-36(58-45(67)17-5-3-11-21-55-42(64)15-9-7-13-40-47-38(33-73-40)60-50(52)62-47)32-37(31-35)59-46(68)18-6-4-12-22-56-43(65)16-10-8-14-41-48-39(34-74-41)61-51(53)63-48/h1,30-32,38-41,47-48H,3-29,33-34H2,(H,54,66)(H,55,64)(H,56,65)(H,57,69)(H,58,67)(H,59,68)(H3,52,60,62)(H3,53,61,63). The number of nitrogens with one attached hydrogen (secondary N) is 12. The van der Waals surface area contributed by atoms with Crippen LogP contribution >= 0.6 is 23.5 Å². The molecule has 0 spiro atoms. The molecule has 6 unspecified atom stereocenters. The van der Waals surface area contributed by atoms with Crippen LogP contribution in [0.2, 0.25) is 0 Å². The summed E-state index contributed by atoms with van der Waals surface area (Å²) in [6, 6.07) is 5.98. The van der Waals surface area contributed by atoms with Gasteiger partial charge >= 0.3 is 0 Å². The number of thioether (sulfide) groups is 2. The van der Waals surface area contributed by atoms with Crippen molar-refractivity contribution in [2.45, 2.75) is 144 Å². The molecule has 6 atom stereocenters. The largest absolute Gasteiger partial charge is 0.379 e. The molecule has 0 bridgehead atoms. The van der Waals surface area contributed by atoms with Crippen molar-refractivity contribution in [2.24, 2.45) is 0 Å². The second-order valence-corrected chi connectivity index (χ2v) is 21.4. The Morgan fingerprint density at radius 1 is 0.527 bits per heavy atom. The van der Waals surface area contributed by atoms with E-state index in [1.165, 1.54) is 0 Å². The molecular weight excluding hydrogens is 989 g/mol. The Kier molecular flexibility index (Phi) is 27.6. The number of guanidine groups is 2. The lowest BCUT2D eigenvalue weighted by Gasteiger charge is -2.16. The Morgan fingerprint density at radius 2 is 0.986 bits per heavy atom. The van der Waals surface area contributed by atoms with Gasteiger partial charge in [0.1, 0.15) is 0 Å². The van der Waals surface area contributed by atoms with E-state index >= 15 is 0 Å². The number of hydrogen-bond donors (Lipinski definition) is 12. The first kappa shape index (κ1) is 59.6. The summed E-state index contributed by atoms with van der Waals surface area (Å²) in [5.41, 5.74) is 0.971. The predicted octanol–water partition coefficient (Wildman–Crippen LogP) is 2.92. The zero-order valence-electron chi connectivity index (χ0n) is 42.8. The van der Waals surface area contributed by atoms with Crippen LogP contribution in [0.4, 0.5) is 11.4 Å². The van der Waals surface area contributed by atoms with E-state index in [0.717, 1.165) is 75.7 Å². The summed E-state index contributed by atoms with van der Waals surface area (Å²) < 4.78 is 16.5. The Hall–Kier alpha value is -5.28. The summed E-state index contributed by atoms with van der Waals surface area (Å²) in [7, 11) is 0. The molecule has 410 valence electrons. The second-order valence-electron chi connectivity index (χ2n) is 18.9. The Bertz CT molecular complexity index is 1940. The maximum atomic E-state index is 13.3. The van der Waals surface area contributed by atoms with E-state index in [9.17, 15) is 28.8 Å². The summed E-state index contributed by atoms with van der Waals surface area (Å²) in [4.78, 5) is 75.9. The maximum Gasteiger partial charge on any atom is 0.251 e. The van der Waals surface area contributed by atoms with Crippen LogP contribution in [0.25, 0.3) is 0 Å². The highest BCUT2D eigenvalue weighted by Gasteiger charge is 2.42. The fraction of sp³-hybridized carbons (Fsp3) is 0.686. The average molecular weight is 1070 g/mol. The Balaban J connectivity index is 0.952. The van der Waals surface area contributed by atoms with E-state index in [1.54, 1.807) is 18.2 Å². The molecule has 5 rings (SSSR count). The number of amides is 6. The number of rotatable bonds is 38. The van der Waals surface area contributed by atoms with Crippen LogP contribution in [0.15, 0.2) is 18.2 Å². The van der Waals surface area contributed by atoms with Crippen molar-refractivity contribution in [1.29, 1.82) is 10.8 Å². The molecule has 4 saturated heterocycles. The summed E-state index contributed by atoms with van der Waals surface area (Å²) in [5.74, 6) is 4.14. The van der Waals surface area contributed by atoms with Gasteiger partial charge in [-0.1, -0.05) is 31.6 Å². The molecule has 0 aliphatic carbocycles. The second kappa shape index (κ2) is 34.3. The van der Waals surface area contributed by atoms with Gasteiger partial charge in [0.05, 0.1) is 70.4 Å². The third kappa shape index (κ3) is 23.1. The zero-order valence-corrected chi connectivity index (χ0v) is 44.4. The predicted molar refractivity (Wildman–Crippen MR) is 290 cm³/mol. The van der Waals surface area contributed by atoms with Crippen molar-refractivity contribution in [3.05, 3.63) is 23.8 Å².